The maximum atomic E-state index is 12.7. The fraction of sp³-hybridized carbons (Fsp3) is 0.462. The van der Waals surface area contributed by atoms with Crippen LogP contribution < -0.4 is 0 Å². The lowest BCUT2D eigenvalue weighted by Gasteiger charge is -2.17. The van der Waals surface area contributed by atoms with Crippen LogP contribution in [-0.4, -0.2) is 29.6 Å². The minimum absolute atomic E-state index is 0.240. The topological polar surface area (TPSA) is 40.5 Å². The van der Waals surface area contributed by atoms with Crippen molar-refractivity contribution in [1.29, 1.82) is 0 Å². The Balaban J connectivity index is 2.36. The molecule has 4 heteroatoms. The molecule has 0 radical (unpaired) electrons. The molecule has 1 unspecified atom stereocenters. The summed E-state index contributed by atoms with van der Waals surface area (Å²) in [6.45, 7) is 3.12. The Morgan fingerprint density at radius 3 is 2.53 bits per heavy atom. The van der Waals surface area contributed by atoms with Gasteiger partial charge in [-0.15, -0.1) is 0 Å². The summed E-state index contributed by atoms with van der Waals surface area (Å²) in [5.74, 6) is -1.33. The van der Waals surface area contributed by atoms with E-state index in [1.807, 2.05) is 11.9 Å². The van der Waals surface area contributed by atoms with E-state index < -0.39 is 5.97 Å². The van der Waals surface area contributed by atoms with Gasteiger partial charge in [0.25, 0.3) is 0 Å². The fourth-order valence-corrected chi connectivity index (χ4v) is 1.52. The molecule has 0 heterocycles. The molecule has 1 N–H and O–H groups in total. The molecule has 3 nitrogen and oxygen atoms in total. The van der Waals surface area contributed by atoms with Crippen LogP contribution in [-0.2, 0) is 11.3 Å². The molecular weight excluding hydrogens is 221 g/mol. The molecule has 1 aromatic carbocycles. The standard InChI is InChI=1S/C13H18FNO2/c1-10(13(16)17)7-8-15(2)9-11-3-5-12(14)6-4-11/h3-6,10H,7-9H2,1-2H3,(H,16,17). The summed E-state index contributed by atoms with van der Waals surface area (Å²) in [6, 6.07) is 6.35. The molecule has 1 aromatic rings. The first-order valence-electron chi connectivity index (χ1n) is 5.65. The Morgan fingerprint density at radius 1 is 1.41 bits per heavy atom. The quantitative estimate of drug-likeness (QED) is 0.828. The Hall–Kier alpha value is -1.42. The van der Waals surface area contributed by atoms with Crippen molar-refractivity contribution in [2.45, 2.75) is 19.9 Å². The predicted octanol–water partition coefficient (Wildman–Crippen LogP) is 2.37. The lowest BCUT2D eigenvalue weighted by Crippen LogP contribution is -2.23. The number of benzene rings is 1. The number of aliphatic carboxylic acids is 1. The summed E-state index contributed by atoms with van der Waals surface area (Å²) in [6.07, 6.45) is 0.618. The molecule has 1 atom stereocenters. The number of carboxylic acids is 1. The first-order chi connectivity index (χ1) is 7.99. The minimum atomic E-state index is -0.764. The number of nitrogens with zero attached hydrogens (tertiary/aromatic N) is 1. The lowest BCUT2D eigenvalue weighted by molar-refractivity contribution is -0.141. The molecule has 0 aliphatic heterocycles. The van der Waals surface area contributed by atoms with Gasteiger partial charge in [0, 0.05) is 6.54 Å². The smallest absolute Gasteiger partial charge is 0.306 e. The highest BCUT2D eigenvalue weighted by Gasteiger charge is 2.11. The van der Waals surface area contributed by atoms with E-state index in [1.54, 1.807) is 19.1 Å². The van der Waals surface area contributed by atoms with Crippen molar-refractivity contribution in [3.8, 4) is 0 Å². The van der Waals surface area contributed by atoms with Gasteiger partial charge in [0.05, 0.1) is 5.92 Å². The zero-order chi connectivity index (χ0) is 12.8. The third-order valence-corrected chi connectivity index (χ3v) is 2.73. The average Bonchev–Trinajstić information content (AvgIpc) is 2.29. The largest absolute Gasteiger partial charge is 0.481 e. The van der Waals surface area contributed by atoms with E-state index >= 15 is 0 Å². The molecule has 1 rings (SSSR count). The summed E-state index contributed by atoms with van der Waals surface area (Å²) in [7, 11) is 1.93. The molecule has 0 aromatic heterocycles. The number of rotatable bonds is 6. The molecule has 0 saturated carbocycles. The summed E-state index contributed by atoms with van der Waals surface area (Å²) in [4.78, 5) is 12.7. The maximum Gasteiger partial charge on any atom is 0.306 e. The van der Waals surface area contributed by atoms with E-state index in [0.29, 0.717) is 19.5 Å². The molecule has 0 amide bonds. The predicted molar refractivity (Wildman–Crippen MR) is 64.2 cm³/mol. The molecule has 94 valence electrons. The van der Waals surface area contributed by atoms with Crippen LogP contribution in [0.2, 0.25) is 0 Å². The lowest BCUT2D eigenvalue weighted by atomic mass is 10.1. The van der Waals surface area contributed by atoms with Crippen molar-refractivity contribution in [2.75, 3.05) is 13.6 Å². The molecule has 0 bridgehead atoms. The number of hydrogen-bond acceptors (Lipinski definition) is 2. The zero-order valence-electron chi connectivity index (χ0n) is 10.2. The van der Waals surface area contributed by atoms with Crippen molar-refractivity contribution < 1.29 is 14.3 Å². The summed E-state index contributed by atoms with van der Waals surface area (Å²) >= 11 is 0. The van der Waals surface area contributed by atoms with Crippen LogP contribution in [0.3, 0.4) is 0 Å². The highest BCUT2D eigenvalue weighted by molar-refractivity contribution is 5.69. The van der Waals surface area contributed by atoms with E-state index in [4.69, 9.17) is 5.11 Å². The van der Waals surface area contributed by atoms with Gasteiger partial charge in [-0.1, -0.05) is 19.1 Å². The number of hydrogen-bond donors (Lipinski definition) is 1. The van der Waals surface area contributed by atoms with E-state index in [2.05, 4.69) is 0 Å². The second-order valence-corrected chi connectivity index (χ2v) is 4.39. The van der Waals surface area contributed by atoms with Crippen molar-refractivity contribution >= 4 is 5.97 Å². The van der Waals surface area contributed by atoms with Crippen molar-refractivity contribution in [3.63, 3.8) is 0 Å². The van der Waals surface area contributed by atoms with Gasteiger partial charge in [0.15, 0.2) is 0 Å². The Morgan fingerprint density at radius 2 is 2.00 bits per heavy atom. The van der Waals surface area contributed by atoms with E-state index in [0.717, 1.165) is 5.56 Å². The zero-order valence-corrected chi connectivity index (χ0v) is 10.2. The summed E-state index contributed by atoms with van der Waals surface area (Å²) in [5, 5.41) is 8.75. The number of halogens is 1. The normalized spacial score (nSPS) is 12.7. The second kappa shape index (κ2) is 6.35. The van der Waals surface area contributed by atoms with Crippen molar-refractivity contribution in [1.82, 2.24) is 4.90 Å². The van der Waals surface area contributed by atoms with Gasteiger partial charge in [-0.05, 0) is 37.7 Å². The Bertz CT molecular complexity index is 364. The number of carboxylic acid groups (broad SMARTS) is 1. The summed E-state index contributed by atoms with van der Waals surface area (Å²) < 4.78 is 12.7. The monoisotopic (exact) mass is 239 g/mol. The first-order valence-corrected chi connectivity index (χ1v) is 5.65. The molecule has 0 aliphatic carbocycles. The Labute approximate surface area is 101 Å². The highest BCUT2D eigenvalue weighted by atomic mass is 19.1. The number of carbonyl (C=O) groups is 1. The molecule has 17 heavy (non-hydrogen) atoms. The second-order valence-electron chi connectivity index (χ2n) is 4.39. The van der Waals surface area contributed by atoms with Crippen molar-refractivity contribution in [2.24, 2.45) is 5.92 Å². The van der Waals surface area contributed by atoms with Crippen LogP contribution >= 0.6 is 0 Å². The molecule has 0 spiro atoms. The van der Waals surface area contributed by atoms with Gasteiger partial charge in [-0.2, -0.15) is 0 Å². The summed E-state index contributed by atoms with van der Waals surface area (Å²) in [5.41, 5.74) is 1.02. The SMILES string of the molecule is CC(CCN(C)Cc1ccc(F)cc1)C(=O)O. The first kappa shape index (κ1) is 13.6. The van der Waals surface area contributed by atoms with Crippen LogP contribution in [0.4, 0.5) is 4.39 Å². The van der Waals surface area contributed by atoms with E-state index in [1.165, 1.54) is 12.1 Å². The van der Waals surface area contributed by atoms with Crippen LogP contribution in [0.25, 0.3) is 0 Å². The third kappa shape index (κ3) is 4.95. The molecule has 0 aliphatic rings. The van der Waals surface area contributed by atoms with Crippen molar-refractivity contribution in [3.05, 3.63) is 35.6 Å². The van der Waals surface area contributed by atoms with E-state index in [9.17, 15) is 9.18 Å². The van der Waals surface area contributed by atoms with Crippen LogP contribution in [0.1, 0.15) is 18.9 Å². The molecular formula is C13H18FNO2. The average molecular weight is 239 g/mol. The van der Waals surface area contributed by atoms with Gasteiger partial charge in [0.1, 0.15) is 5.82 Å². The van der Waals surface area contributed by atoms with Crippen LogP contribution in [0.5, 0.6) is 0 Å². The third-order valence-electron chi connectivity index (χ3n) is 2.73. The van der Waals surface area contributed by atoms with Gasteiger partial charge >= 0.3 is 5.97 Å². The minimum Gasteiger partial charge on any atom is -0.481 e. The fourth-order valence-electron chi connectivity index (χ4n) is 1.52. The van der Waals surface area contributed by atoms with Crippen LogP contribution in [0.15, 0.2) is 24.3 Å². The Kier molecular flexibility index (Phi) is 5.10. The van der Waals surface area contributed by atoms with Crippen LogP contribution in [0, 0.1) is 11.7 Å². The van der Waals surface area contributed by atoms with Gasteiger partial charge < -0.3 is 10.0 Å². The van der Waals surface area contributed by atoms with Gasteiger partial charge in [-0.3, -0.25) is 4.79 Å². The van der Waals surface area contributed by atoms with Gasteiger partial charge in [-0.25, -0.2) is 4.39 Å². The maximum absolute atomic E-state index is 12.7. The highest BCUT2D eigenvalue weighted by Crippen LogP contribution is 2.08. The van der Waals surface area contributed by atoms with Gasteiger partial charge in [0.2, 0.25) is 0 Å². The molecule has 0 fully saturated rings. The van der Waals surface area contributed by atoms with E-state index in [-0.39, 0.29) is 11.7 Å². The molecule has 0 saturated heterocycles.